The molecule has 1 N–H and O–H groups in total. The van der Waals surface area contributed by atoms with E-state index in [4.69, 9.17) is 16.3 Å². The fraction of sp³-hybridized carbons (Fsp3) is 0.278. The van der Waals surface area contributed by atoms with E-state index in [2.05, 4.69) is 5.32 Å². The summed E-state index contributed by atoms with van der Waals surface area (Å²) < 4.78 is 45.2. The molecule has 2 rings (SSSR count). The fourth-order valence-electron chi connectivity index (χ4n) is 2.13. The second-order valence-corrected chi connectivity index (χ2v) is 6.23. The summed E-state index contributed by atoms with van der Waals surface area (Å²) in [7, 11) is 0. The lowest BCUT2D eigenvalue weighted by molar-refractivity contribution is -0.139. The first kappa shape index (κ1) is 19.1. The molecule has 2 aromatic carbocycles. The maximum absolute atomic E-state index is 13.3. The van der Waals surface area contributed by atoms with Gasteiger partial charge in [-0.1, -0.05) is 29.3 Å². The van der Waals surface area contributed by atoms with E-state index in [1.807, 2.05) is 6.92 Å². The Hall–Kier alpha value is -2.21. The van der Waals surface area contributed by atoms with Gasteiger partial charge < -0.3 is 10.1 Å². The van der Waals surface area contributed by atoms with Gasteiger partial charge in [-0.2, -0.15) is 13.2 Å². The first-order chi connectivity index (χ1) is 11.6. The Morgan fingerprint density at radius 1 is 1.16 bits per heavy atom. The molecule has 7 heteroatoms. The van der Waals surface area contributed by atoms with Crippen molar-refractivity contribution in [2.45, 2.75) is 33.1 Å². The number of halogens is 4. The van der Waals surface area contributed by atoms with Crippen LogP contribution >= 0.6 is 11.6 Å². The largest absolute Gasteiger partial charge is 0.489 e. The van der Waals surface area contributed by atoms with Crippen molar-refractivity contribution in [2.24, 2.45) is 0 Å². The minimum absolute atomic E-state index is 0.200. The lowest BCUT2D eigenvalue weighted by Gasteiger charge is -2.19. The molecule has 0 atom stereocenters. The minimum atomic E-state index is -4.70. The summed E-state index contributed by atoms with van der Waals surface area (Å²) in [6.45, 7) is 5.07. The fourth-order valence-corrected chi connectivity index (χ4v) is 2.39. The molecule has 2 aromatic rings. The van der Waals surface area contributed by atoms with E-state index < -0.39 is 29.5 Å². The highest BCUT2D eigenvalue weighted by Crippen LogP contribution is 2.41. The summed E-state index contributed by atoms with van der Waals surface area (Å²) >= 11 is 5.95. The Bertz CT molecular complexity index is 771. The molecule has 0 aliphatic rings. The zero-order chi connectivity index (χ0) is 18.8. The second kappa shape index (κ2) is 7.35. The van der Waals surface area contributed by atoms with Crippen molar-refractivity contribution in [3.8, 4) is 5.75 Å². The molecule has 0 saturated carbocycles. The number of nitrogens with one attached hydrogen (secondary N) is 1. The number of carbonyl (C=O) groups is 1. The third kappa shape index (κ3) is 4.89. The number of amides is 1. The maximum atomic E-state index is 13.3. The molecule has 0 aliphatic carbocycles. The van der Waals surface area contributed by atoms with Crippen molar-refractivity contribution in [3.05, 3.63) is 58.1 Å². The van der Waals surface area contributed by atoms with E-state index in [9.17, 15) is 18.0 Å². The third-order valence-electron chi connectivity index (χ3n) is 3.27. The summed E-state index contributed by atoms with van der Waals surface area (Å²) in [5.74, 6) is -1.16. The molecular weight excluding hydrogens is 355 g/mol. The molecule has 1 amide bonds. The smallest absolute Gasteiger partial charge is 0.420 e. The number of alkyl halides is 3. The molecule has 25 heavy (non-hydrogen) atoms. The predicted molar refractivity (Wildman–Crippen MR) is 91.4 cm³/mol. The van der Waals surface area contributed by atoms with Gasteiger partial charge in [-0.05, 0) is 45.0 Å². The van der Waals surface area contributed by atoms with Gasteiger partial charge in [0.15, 0.2) is 5.75 Å². The van der Waals surface area contributed by atoms with Crippen LogP contribution < -0.4 is 10.1 Å². The van der Waals surface area contributed by atoms with Crippen molar-refractivity contribution in [3.63, 3.8) is 0 Å². The van der Waals surface area contributed by atoms with Gasteiger partial charge in [0.2, 0.25) is 0 Å². The van der Waals surface area contributed by atoms with E-state index in [-0.39, 0.29) is 10.6 Å². The highest BCUT2D eigenvalue weighted by Gasteiger charge is 2.37. The van der Waals surface area contributed by atoms with Crippen LogP contribution in [-0.2, 0) is 6.18 Å². The van der Waals surface area contributed by atoms with Gasteiger partial charge in [-0.3, -0.25) is 4.79 Å². The van der Waals surface area contributed by atoms with Crippen LogP contribution in [0.1, 0.15) is 35.3 Å². The second-order valence-electron chi connectivity index (χ2n) is 5.82. The van der Waals surface area contributed by atoms with Gasteiger partial charge in [-0.15, -0.1) is 0 Å². The van der Waals surface area contributed by atoms with Crippen molar-refractivity contribution < 1.29 is 22.7 Å². The molecule has 3 nitrogen and oxygen atoms in total. The van der Waals surface area contributed by atoms with Crippen molar-refractivity contribution in [1.29, 1.82) is 0 Å². The Morgan fingerprint density at radius 2 is 1.76 bits per heavy atom. The van der Waals surface area contributed by atoms with Crippen molar-refractivity contribution in [1.82, 2.24) is 0 Å². The number of carbonyl (C=O) groups excluding carboxylic acids is 1. The highest BCUT2D eigenvalue weighted by atomic mass is 35.5. The summed E-state index contributed by atoms with van der Waals surface area (Å²) in [5, 5.41) is 2.28. The Balaban J connectivity index is 2.39. The van der Waals surface area contributed by atoms with Crippen LogP contribution in [0.3, 0.4) is 0 Å². The Kier molecular flexibility index (Phi) is 5.62. The molecular formula is C18H17ClF3NO2. The first-order valence-electron chi connectivity index (χ1n) is 7.53. The quantitative estimate of drug-likeness (QED) is 0.747. The molecule has 134 valence electrons. The number of benzene rings is 2. The summed E-state index contributed by atoms with van der Waals surface area (Å²) in [6.07, 6.45) is -5.19. The number of rotatable bonds is 4. The van der Waals surface area contributed by atoms with E-state index in [0.717, 1.165) is 17.7 Å². The summed E-state index contributed by atoms with van der Waals surface area (Å²) in [4.78, 5) is 12.3. The van der Waals surface area contributed by atoms with Crippen LogP contribution in [0.5, 0.6) is 5.75 Å². The van der Waals surface area contributed by atoms with Crippen LogP contribution in [-0.4, -0.2) is 12.0 Å². The molecule has 0 unspecified atom stereocenters. The Labute approximate surface area is 148 Å². The van der Waals surface area contributed by atoms with Gasteiger partial charge >= 0.3 is 6.18 Å². The zero-order valence-electron chi connectivity index (χ0n) is 13.9. The van der Waals surface area contributed by atoms with E-state index in [0.29, 0.717) is 5.69 Å². The molecule has 0 radical (unpaired) electrons. The number of ether oxygens (including phenoxy) is 1. The monoisotopic (exact) mass is 371 g/mol. The van der Waals surface area contributed by atoms with Crippen LogP contribution in [0.15, 0.2) is 36.4 Å². The first-order valence-corrected chi connectivity index (χ1v) is 7.91. The highest BCUT2D eigenvalue weighted by molar-refractivity contribution is 6.32. The summed E-state index contributed by atoms with van der Waals surface area (Å²) in [6, 6.07) is 8.79. The SMILES string of the molecule is Cc1ccc(NC(=O)c2cc(Cl)c(OC(C)C)c(C(F)(F)F)c2)cc1. The van der Waals surface area contributed by atoms with Gasteiger partial charge in [0.1, 0.15) is 0 Å². The molecule has 0 saturated heterocycles. The van der Waals surface area contributed by atoms with Crippen LogP contribution in [0, 0.1) is 6.92 Å². The topological polar surface area (TPSA) is 38.3 Å². The molecule has 0 aliphatic heterocycles. The van der Waals surface area contributed by atoms with Crippen LogP contribution in [0.4, 0.5) is 18.9 Å². The summed E-state index contributed by atoms with van der Waals surface area (Å²) in [5.41, 5.74) is 0.190. The van der Waals surface area contributed by atoms with Gasteiger partial charge in [-0.25, -0.2) is 0 Å². The van der Waals surface area contributed by atoms with Crippen molar-refractivity contribution >= 4 is 23.2 Å². The van der Waals surface area contributed by atoms with Crippen molar-refractivity contribution in [2.75, 3.05) is 5.32 Å². The van der Waals surface area contributed by atoms with E-state index in [1.54, 1.807) is 38.1 Å². The van der Waals surface area contributed by atoms with Crippen LogP contribution in [0.25, 0.3) is 0 Å². The number of anilines is 1. The van der Waals surface area contributed by atoms with E-state index in [1.165, 1.54) is 0 Å². The molecule has 0 spiro atoms. The molecule has 0 bridgehead atoms. The van der Waals surface area contributed by atoms with Gasteiger partial charge in [0.25, 0.3) is 5.91 Å². The third-order valence-corrected chi connectivity index (χ3v) is 3.55. The Morgan fingerprint density at radius 3 is 2.28 bits per heavy atom. The lowest BCUT2D eigenvalue weighted by Crippen LogP contribution is -2.17. The standard InChI is InChI=1S/C18H17ClF3NO2/c1-10(2)25-16-14(18(20,21)22)8-12(9-15(16)19)17(24)23-13-6-4-11(3)5-7-13/h4-10H,1-3H3,(H,23,24). The normalized spacial score (nSPS) is 11.5. The van der Waals surface area contributed by atoms with Gasteiger partial charge in [0.05, 0.1) is 16.7 Å². The lowest BCUT2D eigenvalue weighted by atomic mass is 10.1. The number of aryl methyl sites for hydroxylation is 1. The van der Waals surface area contributed by atoms with Gasteiger partial charge in [0, 0.05) is 11.3 Å². The maximum Gasteiger partial charge on any atom is 0.420 e. The van der Waals surface area contributed by atoms with E-state index >= 15 is 0 Å². The minimum Gasteiger partial charge on any atom is -0.489 e. The zero-order valence-corrected chi connectivity index (χ0v) is 14.6. The average molecular weight is 372 g/mol. The molecule has 0 heterocycles. The molecule has 0 fully saturated rings. The predicted octanol–water partition coefficient (Wildman–Crippen LogP) is 5.71. The average Bonchev–Trinajstić information content (AvgIpc) is 2.49. The molecule has 0 aromatic heterocycles. The number of hydrogen-bond donors (Lipinski definition) is 1. The van der Waals surface area contributed by atoms with Crippen LogP contribution in [0.2, 0.25) is 5.02 Å². The number of hydrogen-bond acceptors (Lipinski definition) is 2.